The van der Waals surface area contributed by atoms with Gasteiger partial charge in [0.05, 0.1) is 0 Å². The third-order valence-electron chi connectivity index (χ3n) is 1.35. The van der Waals surface area contributed by atoms with E-state index in [1.54, 1.807) is 0 Å². The SMILES string of the molecule is CC(C)CN(CC(C)C)NN. The Hall–Kier alpha value is -0.120. The van der Waals surface area contributed by atoms with Gasteiger partial charge in [0.25, 0.3) is 0 Å². The maximum Gasteiger partial charge on any atom is 0.0167 e. The summed E-state index contributed by atoms with van der Waals surface area (Å²) >= 11 is 0. The molecule has 3 N–H and O–H groups in total. The summed E-state index contributed by atoms with van der Waals surface area (Å²) in [5.74, 6) is 6.66. The molecule has 0 atom stereocenters. The number of hydrogen-bond acceptors (Lipinski definition) is 3. The van der Waals surface area contributed by atoms with Crippen molar-refractivity contribution in [3.63, 3.8) is 0 Å². The molecule has 0 aromatic rings. The van der Waals surface area contributed by atoms with Crippen molar-refractivity contribution in [1.82, 2.24) is 10.5 Å². The number of nitrogens with zero attached hydrogens (tertiary/aromatic N) is 1. The highest BCUT2D eigenvalue weighted by Crippen LogP contribution is 1.99. The lowest BCUT2D eigenvalue weighted by Crippen LogP contribution is -2.46. The van der Waals surface area contributed by atoms with Crippen molar-refractivity contribution in [1.29, 1.82) is 0 Å². The van der Waals surface area contributed by atoms with Crippen LogP contribution in [0.2, 0.25) is 0 Å². The topological polar surface area (TPSA) is 41.3 Å². The van der Waals surface area contributed by atoms with Crippen LogP contribution in [0.3, 0.4) is 0 Å². The zero-order valence-corrected chi connectivity index (χ0v) is 8.09. The highest BCUT2D eigenvalue weighted by Gasteiger charge is 2.06. The first-order chi connectivity index (χ1) is 5.06. The summed E-state index contributed by atoms with van der Waals surface area (Å²) in [6.45, 7) is 10.8. The highest BCUT2D eigenvalue weighted by molar-refractivity contribution is 4.55. The maximum absolute atomic E-state index is 5.35. The summed E-state index contributed by atoms with van der Waals surface area (Å²) in [6, 6.07) is 0. The molecule has 0 radical (unpaired) electrons. The van der Waals surface area contributed by atoms with Gasteiger partial charge in [-0.3, -0.25) is 5.84 Å². The van der Waals surface area contributed by atoms with Gasteiger partial charge in [0.2, 0.25) is 0 Å². The zero-order valence-electron chi connectivity index (χ0n) is 8.09. The van der Waals surface area contributed by atoms with Gasteiger partial charge in [0.1, 0.15) is 0 Å². The summed E-state index contributed by atoms with van der Waals surface area (Å²) in [7, 11) is 0. The molecule has 0 fully saturated rings. The van der Waals surface area contributed by atoms with E-state index in [1.165, 1.54) is 0 Å². The van der Waals surface area contributed by atoms with E-state index in [-0.39, 0.29) is 0 Å². The molecule has 0 rings (SSSR count). The van der Waals surface area contributed by atoms with Gasteiger partial charge in [-0.05, 0) is 11.8 Å². The van der Waals surface area contributed by atoms with E-state index in [0.29, 0.717) is 11.8 Å². The van der Waals surface area contributed by atoms with Crippen molar-refractivity contribution in [2.75, 3.05) is 13.1 Å². The molecule has 0 saturated heterocycles. The molecule has 0 aromatic heterocycles. The Morgan fingerprint density at radius 1 is 1.09 bits per heavy atom. The van der Waals surface area contributed by atoms with Gasteiger partial charge >= 0.3 is 0 Å². The van der Waals surface area contributed by atoms with Gasteiger partial charge in [0.15, 0.2) is 0 Å². The Bertz CT molecular complexity index is 81.3. The third-order valence-corrected chi connectivity index (χ3v) is 1.35. The van der Waals surface area contributed by atoms with Crippen LogP contribution in [0, 0.1) is 11.8 Å². The number of hydrazine groups is 2. The molecule has 0 heterocycles. The van der Waals surface area contributed by atoms with Crippen LogP contribution in [0.5, 0.6) is 0 Å². The normalized spacial score (nSPS) is 12.0. The average molecular weight is 159 g/mol. The van der Waals surface area contributed by atoms with Gasteiger partial charge in [-0.25, -0.2) is 5.01 Å². The lowest BCUT2D eigenvalue weighted by molar-refractivity contribution is 0.149. The van der Waals surface area contributed by atoms with Gasteiger partial charge in [0, 0.05) is 13.1 Å². The molecule has 3 nitrogen and oxygen atoms in total. The van der Waals surface area contributed by atoms with Crippen molar-refractivity contribution in [3.05, 3.63) is 0 Å². The van der Waals surface area contributed by atoms with Crippen LogP contribution in [0.4, 0.5) is 0 Å². The average Bonchev–Trinajstić information content (AvgIpc) is 1.84. The second-order valence-corrected chi connectivity index (χ2v) is 3.82. The summed E-state index contributed by atoms with van der Waals surface area (Å²) in [4.78, 5) is 0. The van der Waals surface area contributed by atoms with Crippen LogP contribution in [-0.4, -0.2) is 18.1 Å². The Morgan fingerprint density at radius 3 is 1.64 bits per heavy atom. The third kappa shape index (κ3) is 6.28. The van der Waals surface area contributed by atoms with Crippen molar-refractivity contribution >= 4 is 0 Å². The van der Waals surface area contributed by atoms with Crippen LogP contribution in [0.1, 0.15) is 27.7 Å². The first kappa shape index (κ1) is 10.9. The molecule has 0 aliphatic carbocycles. The molecule has 0 amide bonds. The number of rotatable bonds is 5. The molecule has 0 spiro atoms. The minimum Gasteiger partial charge on any atom is -0.258 e. The maximum atomic E-state index is 5.35. The second kappa shape index (κ2) is 5.52. The van der Waals surface area contributed by atoms with Crippen LogP contribution < -0.4 is 11.4 Å². The van der Waals surface area contributed by atoms with Crippen molar-refractivity contribution in [2.45, 2.75) is 27.7 Å². The van der Waals surface area contributed by atoms with Crippen LogP contribution in [-0.2, 0) is 0 Å². The predicted molar refractivity (Wildman–Crippen MR) is 48.6 cm³/mol. The first-order valence-electron chi connectivity index (χ1n) is 4.27. The summed E-state index contributed by atoms with van der Waals surface area (Å²) in [5, 5.41) is 2.05. The fourth-order valence-electron chi connectivity index (χ4n) is 1.06. The molecule has 0 unspecified atom stereocenters. The molecular formula is C8H21N3. The van der Waals surface area contributed by atoms with Crippen LogP contribution >= 0.6 is 0 Å². The largest absolute Gasteiger partial charge is 0.258 e. The van der Waals surface area contributed by atoms with E-state index in [9.17, 15) is 0 Å². The molecule has 0 aliphatic rings. The fourth-order valence-corrected chi connectivity index (χ4v) is 1.06. The van der Waals surface area contributed by atoms with E-state index in [2.05, 4.69) is 38.2 Å². The molecule has 0 bridgehead atoms. The first-order valence-corrected chi connectivity index (χ1v) is 4.27. The fraction of sp³-hybridized carbons (Fsp3) is 1.00. The van der Waals surface area contributed by atoms with Crippen LogP contribution in [0.15, 0.2) is 0 Å². The summed E-state index contributed by atoms with van der Waals surface area (Å²) in [5.41, 5.74) is 2.70. The second-order valence-electron chi connectivity index (χ2n) is 3.82. The highest BCUT2D eigenvalue weighted by atomic mass is 15.6. The lowest BCUT2D eigenvalue weighted by atomic mass is 10.2. The van der Waals surface area contributed by atoms with Crippen molar-refractivity contribution in [2.24, 2.45) is 17.7 Å². The quantitative estimate of drug-likeness (QED) is 0.464. The monoisotopic (exact) mass is 159 g/mol. The van der Waals surface area contributed by atoms with Crippen molar-refractivity contribution in [3.8, 4) is 0 Å². The van der Waals surface area contributed by atoms with E-state index in [0.717, 1.165) is 13.1 Å². The van der Waals surface area contributed by atoms with E-state index in [1.807, 2.05) is 0 Å². The van der Waals surface area contributed by atoms with E-state index in [4.69, 9.17) is 5.84 Å². The molecule has 11 heavy (non-hydrogen) atoms. The summed E-state index contributed by atoms with van der Waals surface area (Å²) < 4.78 is 0. The number of nitrogens with two attached hydrogens (primary N) is 1. The van der Waals surface area contributed by atoms with Gasteiger partial charge < -0.3 is 0 Å². The smallest absolute Gasteiger partial charge is 0.0167 e. The molecule has 0 aromatic carbocycles. The molecule has 3 heteroatoms. The Morgan fingerprint density at radius 2 is 1.45 bits per heavy atom. The standard InChI is InChI=1S/C8H21N3/c1-7(2)5-11(10-9)6-8(3)4/h7-8,10H,5-6,9H2,1-4H3. The molecule has 0 saturated carbocycles. The van der Waals surface area contributed by atoms with Crippen molar-refractivity contribution < 1.29 is 0 Å². The Kier molecular flexibility index (Phi) is 5.46. The van der Waals surface area contributed by atoms with E-state index >= 15 is 0 Å². The van der Waals surface area contributed by atoms with Gasteiger partial charge in [-0.1, -0.05) is 27.7 Å². The van der Waals surface area contributed by atoms with Gasteiger partial charge in [-0.15, -0.1) is 0 Å². The minimum atomic E-state index is 0.657. The predicted octanol–water partition coefficient (Wildman–Crippen LogP) is 0.979. The van der Waals surface area contributed by atoms with E-state index < -0.39 is 0 Å². The molecule has 68 valence electrons. The Labute approximate surface area is 69.9 Å². The number of nitrogens with one attached hydrogen (secondary N) is 1. The van der Waals surface area contributed by atoms with Gasteiger partial charge in [-0.2, -0.15) is 5.53 Å². The Balaban J connectivity index is 3.58. The van der Waals surface area contributed by atoms with Crippen LogP contribution in [0.25, 0.3) is 0 Å². The molecule has 0 aliphatic heterocycles. The number of hydrogen-bond donors (Lipinski definition) is 2. The molecular weight excluding hydrogens is 138 g/mol. The zero-order chi connectivity index (χ0) is 8.85. The minimum absolute atomic E-state index is 0.657. The lowest BCUT2D eigenvalue weighted by Gasteiger charge is -2.24. The summed E-state index contributed by atoms with van der Waals surface area (Å²) in [6.07, 6.45) is 0.